The Morgan fingerprint density at radius 2 is 1.95 bits per heavy atom. The predicted molar refractivity (Wildman–Crippen MR) is 79.6 cm³/mol. The van der Waals surface area contributed by atoms with Crippen LogP contribution < -0.4 is 10.1 Å². The second kappa shape index (κ2) is 8.53. The molecule has 1 rings (SSSR count). The lowest BCUT2D eigenvalue weighted by molar-refractivity contribution is 0.0246. The first-order chi connectivity index (χ1) is 9.03. The minimum atomic E-state index is -0.742. The minimum absolute atomic E-state index is 0.528. The maximum Gasteiger partial charge on any atom is 0.119 e. The summed E-state index contributed by atoms with van der Waals surface area (Å²) in [4.78, 5) is 0. The van der Waals surface area contributed by atoms with Crippen LogP contribution in [0.25, 0.3) is 0 Å². The Morgan fingerprint density at radius 1 is 1.26 bits per heavy atom. The van der Waals surface area contributed by atoms with E-state index in [1.165, 1.54) is 0 Å². The topological polar surface area (TPSA) is 50.7 Å². The molecule has 0 spiro atoms. The quantitative estimate of drug-likeness (QED) is 0.681. The van der Waals surface area contributed by atoms with Crippen molar-refractivity contribution in [2.45, 2.75) is 18.9 Å². The molecule has 0 amide bonds. The first-order valence-corrected chi connectivity index (χ1v) is 7.13. The highest BCUT2D eigenvalue weighted by molar-refractivity contribution is 9.10. The van der Waals surface area contributed by atoms with Crippen molar-refractivity contribution < 1.29 is 14.6 Å². The summed E-state index contributed by atoms with van der Waals surface area (Å²) >= 11 is 3.37. The molecule has 0 fully saturated rings. The summed E-state index contributed by atoms with van der Waals surface area (Å²) in [5.41, 5.74) is -0.742. The molecule has 0 aliphatic rings. The van der Waals surface area contributed by atoms with Crippen molar-refractivity contribution in [3.8, 4) is 5.75 Å². The summed E-state index contributed by atoms with van der Waals surface area (Å²) in [6.07, 6.45) is 0.615. The molecule has 0 aliphatic heterocycles. The van der Waals surface area contributed by atoms with Crippen LogP contribution in [0.4, 0.5) is 0 Å². The van der Waals surface area contributed by atoms with Crippen molar-refractivity contribution in [1.82, 2.24) is 5.32 Å². The molecule has 0 aromatic heterocycles. The van der Waals surface area contributed by atoms with E-state index < -0.39 is 5.60 Å². The van der Waals surface area contributed by atoms with Crippen molar-refractivity contribution in [3.63, 3.8) is 0 Å². The van der Waals surface area contributed by atoms with Gasteiger partial charge in [0.2, 0.25) is 0 Å². The minimum Gasteiger partial charge on any atom is -0.492 e. The maximum absolute atomic E-state index is 10.0. The Balaban J connectivity index is 2.12. The Bertz CT molecular complexity index is 354. The zero-order valence-corrected chi connectivity index (χ0v) is 13.1. The summed E-state index contributed by atoms with van der Waals surface area (Å²) in [6.45, 7) is 4.15. The Hall–Kier alpha value is -0.620. The fourth-order valence-electron chi connectivity index (χ4n) is 1.54. The second-order valence-corrected chi connectivity index (χ2v) is 5.63. The number of halogens is 1. The van der Waals surface area contributed by atoms with Gasteiger partial charge in [-0.05, 0) is 31.2 Å². The summed E-state index contributed by atoms with van der Waals surface area (Å²) in [5.74, 6) is 0.844. The molecular formula is C14H22BrNO3. The SMILES string of the molecule is COCCC(C)(O)CNCCOc1ccc(Br)cc1. The van der Waals surface area contributed by atoms with E-state index in [-0.39, 0.29) is 0 Å². The molecule has 1 aromatic rings. The monoisotopic (exact) mass is 331 g/mol. The number of methoxy groups -OCH3 is 1. The van der Waals surface area contributed by atoms with Gasteiger partial charge in [-0.15, -0.1) is 0 Å². The lowest BCUT2D eigenvalue weighted by Crippen LogP contribution is -2.40. The van der Waals surface area contributed by atoms with Crippen LogP contribution in [0.1, 0.15) is 13.3 Å². The highest BCUT2D eigenvalue weighted by Gasteiger charge is 2.18. The normalized spacial score (nSPS) is 14.1. The van der Waals surface area contributed by atoms with E-state index in [2.05, 4.69) is 21.2 Å². The average Bonchev–Trinajstić information content (AvgIpc) is 2.38. The zero-order chi connectivity index (χ0) is 14.1. The van der Waals surface area contributed by atoms with Crippen molar-refractivity contribution in [3.05, 3.63) is 28.7 Å². The van der Waals surface area contributed by atoms with Gasteiger partial charge in [-0.25, -0.2) is 0 Å². The molecule has 0 aliphatic carbocycles. The van der Waals surface area contributed by atoms with Gasteiger partial charge in [-0.1, -0.05) is 15.9 Å². The van der Waals surface area contributed by atoms with Crippen LogP contribution >= 0.6 is 15.9 Å². The van der Waals surface area contributed by atoms with Gasteiger partial charge < -0.3 is 19.9 Å². The predicted octanol–water partition coefficient (Wildman–Crippen LogP) is 2.21. The van der Waals surface area contributed by atoms with Crippen LogP contribution in [0, 0.1) is 0 Å². The summed E-state index contributed by atoms with van der Waals surface area (Å²) in [5, 5.41) is 13.2. The molecule has 0 heterocycles. The van der Waals surface area contributed by atoms with Crippen LogP contribution in [0.5, 0.6) is 5.75 Å². The molecule has 19 heavy (non-hydrogen) atoms. The molecule has 108 valence electrons. The van der Waals surface area contributed by atoms with Gasteiger partial charge in [0, 0.05) is 37.7 Å². The summed E-state index contributed by atoms with van der Waals surface area (Å²) in [7, 11) is 1.63. The van der Waals surface area contributed by atoms with E-state index in [4.69, 9.17) is 9.47 Å². The molecule has 0 bridgehead atoms. The highest BCUT2D eigenvalue weighted by atomic mass is 79.9. The summed E-state index contributed by atoms with van der Waals surface area (Å²) in [6, 6.07) is 7.72. The van der Waals surface area contributed by atoms with E-state index in [1.807, 2.05) is 24.3 Å². The first kappa shape index (κ1) is 16.4. The molecule has 0 saturated heterocycles. The molecular weight excluding hydrogens is 310 g/mol. The first-order valence-electron chi connectivity index (χ1n) is 6.34. The lowest BCUT2D eigenvalue weighted by Gasteiger charge is -2.23. The van der Waals surface area contributed by atoms with Gasteiger partial charge in [-0.3, -0.25) is 0 Å². The van der Waals surface area contributed by atoms with E-state index in [1.54, 1.807) is 14.0 Å². The van der Waals surface area contributed by atoms with Gasteiger partial charge in [0.15, 0.2) is 0 Å². The van der Waals surface area contributed by atoms with E-state index in [9.17, 15) is 5.11 Å². The van der Waals surface area contributed by atoms with E-state index >= 15 is 0 Å². The van der Waals surface area contributed by atoms with Gasteiger partial charge in [-0.2, -0.15) is 0 Å². The molecule has 2 N–H and O–H groups in total. The van der Waals surface area contributed by atoms with Gasteiger partial charge in [0.1, 0.15) is 12.4 Å². The molecule has 5 heteroatoms. The molecule has 1 aromatic carbocycles. The zero-order valence-electron chi connectivity index (χ0n) is 11.5. The smallest absolute Gasteiger partial charge is 0.119 e. The average molecular weight is 332 g/mol. The number of hydrogen-bond donors (Lipinski definition) is 2. The number of nitrogens with one attached hydrogen (secondary N) is 1. The molecule has 1 unspecified atom stereocenters. The van der Waals surface area contributed by atoms with E-state index in [0.29, 0.717) is 32.7 Å². The van der Waals surface area contributed by atoms with Crippen molar-refractivity contribution in [2.75, 3.05) is 33.4 Å². The van der Waals surface area contributed by atoms with Gasteiger partial charge in [0.25, 0.3) is 0 Å². The number of hydrogen-bond acceptors (Lipinski definition) is 4. The number of benzene rings is 1. The molecule has 4 nitrogen and oxygen atoms in total. The van der Waals surface area contributed by atoms with Gasteiger partial charge in [0.05, 0.1) is 5.60 Å². The van der Waals surface area contributed by atoms with Gasteiger partial charge >= 0.3 is 0 Å². The van der Waals surface area contributed by atoms with Crippen LogP contribution in [0.3, 0.4) is 0 Å². The number of aliphatic hydroxyl groups is 1. The Labute approximate surface area is 123 Å². The van der Waals surface area contributed by atoms with Crippen molar-refractivity contribution in [2.24, 2.45) is 0 Å². The number of ether oxygens (including phenoxy) is 2. The van der Waals surface area contributed by atoms with Crippen LogP contribution in [0.2, 0.25) is 0 Å². The standard InChI is InChI=1S/C14H22BrNO3/c1-14(17,7-9-18-2)11-16-8-10-19-13-5-3-12(15)4-6-13/h3-6,16-17H,7-11H2,1-2H3. The molecule has 0 radical (unpaired) electrons. The van der Waals surface area contributed by atoms with Crippen molar-refractivity contribution >= 4 is 15.9 Å². The van der Waals surface area contributed by atoms with E-state index in [0.717, 1.165) is 10.2 Å². The fourth-order valence-corrected chi connectivity index (χ4v) is 1.80. The third-order valence-corrected chi connectivity index (χ3v) is 3.24. The number of rotatable bonds is 9. The lowest BCUT2D eigenvalue weighted by atomic mass is 10.0. The Kier molecular flexibility index (Phi) is 7.38. The van der Waals surface area contributed by atoms with Crippen LogP contribution in [-0.4, -0.2) is 44.1 Å². The summed E-state index contributed by atoms with van der Waals surface area (Å²) < 4.78 is 11.6. The largest absolute Gasteiger partial charge is 0.492 e. The van der Waals surface area contributed by atoms with Crippen LogP contribution in [0.15, 0.2) is 28.7 Å². The third kappa shape index (κ3) is 7.52. The maximum atomic E-state index is 10.0. The van der Waals surface area contributed by atoms with Crippen LogP contribution in [-0.2, 0) is 4.74 Å². The van der Waals surface area contributed by atoms with Crippen molar-refractivity contribution in [1.29, 1.82) is 0 Å². The Morgan fingerprint density at radius 3 is 2.58 bits per heavy atom. The molecule has 1 atom stereocenters. The molecule has 0 saturated carbocycles. The fraction of sp³-hybridized carbons (Fsp3) is 0.571. The highest BCUT2D eigenvalue weighted by Crippen LogP contribution is 2.15. The second-order valence-electron chi connectivity index (χ2n) is 4.72. The third-order valence-electron chi connectivity index (χ3n) is 2.71.